The van der Waals surface area contributed by atoms with E-state index in [0.717, 1.165) is 16.7 Å². The van der Waals surface area contributed by atoms with Crippen LogP contribution in [0, 0.1) is 5.92 Å². The second-order valence-corrected chi connectivity index (χ2v) is 5.95. The highest BCUT2D eigenvalue weighted by Gasteiger charge is 2.24. The van der Waals surface area contributed by atoms with E-state index in [4.69, 9.17) is 0 Å². The first-order valence-corrected chi connectivity index (χ1v) is 7.76. The Hall–Kier alpha value is -2.36. The highest BCUT2D eigenvalue weighted by atomic mass is 16.2. The molecule has 1 aromatic carbocycles. The number of amides is 2. The lowest BCUT2D eigenvalue weighted by molar-refractivity contribution is -0.129. The number of carbonyl (C=O) groups is 2. The molecule has 0 saturated heterocycles. The van der Waals surface area contributed by atoms with Crippen molar-refractivity contribution in [2.75, 3.05) is 0 Å². The number of carbonyl (C=O) groups excluding carboxylic acids is 2. The summed E-state index contributed by atoms with van der Waals surface area (Å²) in [5, 5.41) is 5.65. The normalized spacial score (nSPS) is 13.1. The Balaban J connectivity index is 2.91. The Labute approximate surface area is 138 Å². The van der Waals surface area contributed by atoms with Gasteiger partial charge < -0.3 is 10.6 Å². The monoisotopic (exact) mass is 314 g/mol. The standard InChI is InChI=1S/C19H26N2O2/c1-7-15-9-10-17(11-16(15)8-2)13(5)20-19(23)18(12(3)4)21-14(6)22/h7-13,18H,1-2H2,3-6H3,(H,20,23)(H,21,22). The van der Waals surface area contributed by atoms with E-state index in [0.29, 0.717) is 0 Å². The highest BCUT2D eigenvalue weighted by Crippen LogP contribution is 2.20. The highest BCUT2D eigenvalue weighted by molar-refractivity contribution is 5.87. The molecule has 0 radical (unpaired) electrons. The van der Waals surface area contributed by atoms with E-state index in [1.807, 2.05) is 39.0 Å². The van der Waals surface area contributed by atoms with E-state index in [9.17, 15) is 9.59 Å². The molecule has 2 unspecified atom stereocenters. The van der Waals surface area contributed by atoms with Crippen LogP contribution in [0.3, 0.4) is 0 Å². The number of rotatable bonds is 7. The fourth-order valence-corrected chi connectivity index (χ4v) is 2.37. The van der Waals surface area contributed by atoms with E-state index < -0.39 is 6.04 Å². The quantitative estimate of drug-likeness (QED) is 0.811. The first kappa shape index (κ1) is 18.7. The van der Waals surface area contributed by atoms with Gasteiger partial charge in [-0.3, -0.25) is 9.59 Å². The lowest BCUT2D eigenvalue weighted by Crippen LogP contribution is -2.49. The van der Waals surface area contributed by atoms with Crippen molar-refractivity contribution in [3.05, 3.63) is 48.0 Å². The molecule has 23 heavy (non-hydrogen) atoms. The molecule has 2 atom stereocenters. The average molecular weight is 314 g/mol. The predicted molar refractivity (Wildman–Crippen MR) is 95.6 cm³/mol. The summed E-state index contributed by atoms with van der Waals surface area (Å²) in [5.41, 5.74) is 2.95. The van der Waals surface area contributed by atoms with Crippen LogP contribution >= 0.6 is 0 Å². The van der Waals surface area contributed by atoms with Crippen LogP contribution in [0.15, 0.2) is 31.4 Å². The zero-order chi connectivity index (χ0) is 17.6. The lowest BCUT2D eigenvalue weighted by atomic mass is 9.99. The average Bonchev–Trinajstić information content (AvgIpc) is 2.51. The molecule has 4 nitrogen and oxygen atoms in total. The minimum atomic E-state index is -0.540. The van der Waals surface area contributed by atoms with Gasteiger partial charge in [0.1, 0.15) is 6.04 Å². The zero-order valence-corrected chi connectivity index (χ0v) is 14.3. The van der Waals surface area contributed by atoms with E-state index in [2.05, 4.69) is 23.8 Å². The number of hydrogen-bond acceptors (Lipinski definition) is 2. The summed E-state index contributed by atoms with van der Waals surface area (Å²) in [4.78, 5) is 23.7. The third-order valence-electron chi connectivity index (χ3n) is 3.72. The summed E-state index contributed by atoms with van der Waals surface area (Å²) in [5.74, 6) is -0.385. The van der Waals surface area contributed by atoms with Crippen molar-refractivity contribution in [1.29, 1.82) is 0 Å². The van der Waals surface area contributed by atoms with Gasteiger partial charge in [0.05, 0.1) is 6.04 Å². The molecule has 1 rings (SSSR count). The van der Waals surface area contributed by atoms with Gasteiger partial charge in [0.25, 0.3) is 0 Å². The zero-order valence-electron chi connectivity index (χ0n) is 14.3. The van der Waals surface area contributed by atoms with Gasteiger partial charge in [-0.15, -0.1) is 0 Å². The third kappa shape index (κ3) is 5.09. The molecule has 0 aliphatic heterocycles. The molecule has 0 bridgehead atoms. The first-order chi connectivity index (χ1) is 10.8. The number of nitrogens with one attached hydrogen (secondary N) is 2. The van der Waals surface area contributed by atoms with Crippen molar-refractivity contribution in [3.63, 3.8) is 0 Å². The van der Waals surface area contributed by atoms with Gasteiger partial charge in [0.15, 0.2) is 0 Å². The van der Waals surface area contributed by atoms with Crippen LogP contribution in [-0.2, 0) is 9.59 Å². The van der Waals surface area contributed by atoms with E-state index >= 15 is 0 Å². The largest absolute Gasteiger partial charge is 0.348 e. The molecule has 2 N–H and O–H groups in total. The molecular weight excluding hydrogens is 288 g/mol. The van der Waals surface area contributed by atoms with E-state index in [-0.39, 0.29) is 23.8 Å². The Bertz CT molecular complexity index is 605. The van der Waals surface area contributed by atoms with E-state index in [1.54, 1.807) is 12.2 Å². The van der Waals surface area contributed by atoms with Crippen LogP contribution in [0.4, 0.5) is 0 Å². The summed E-state index contributed by atoms with van der Waals surface area (Å²) in [6.45, 7) is 14.7. The molecule has 0 aromatic heterocycles. The molecular formula is C19H26N2O2. The van der Waals surface area contributed by atoms with E-state index in [1.165, 1.54) is 6.92 Å². The predicted octanol–water partition coefficient (Wildman–Crippen LogP) is 3.31. The molecule has 2 amide bonds. The SMILES string of the molecule is C=Cc1ccc(C(C)NC(=O)C(NC(C)=O)C(C)C)cc1C=C. The van der Waals surface area contributed by atoms with Gasteiger partial charge in [-0.05, 0) is 35.6 Å². The Morgan fingerprint density at radius 2 is 1.65 bits per heavy atom. The van der Waals surface area contributed by atoms with Crippen LogP contribution < -0.4 is 10.6 Å². The molecule has 0 saturated carbocycles. The summed E-state index contributed by atoms with van der Waals surface area (Å²) < 4.78 is 0. The van der Waals surface area contributed by atoms with Gasteiger partial charge in [-0.2, -0.15) is 0 Å². The molecule has 0 heterocycles. The minimum Gasteiger partial charge on any atom is -0.348 e. The summed E-state index contributed by atoms with van der Waals surface area (Å²) >= 11 is 0. The Kier molecular flexibility index (Phi) is 6.76. The van der Waals surface area contributed by atoms with Crippen LogP contribution in [-0.4, -0.2) is 17.9 Å². The second kappa shape index (κ2) is 8.32. The summed E-state index contributed by atoms with van der Waals surface area (Å²) in [6, 6.07) is 5.18. The third-order valence-corrected chi connectivity index (χ3v) is 3.72. The van der Waals surface area contributed by atoms with Crippen molar-refractivity contribution in [2.24, 2.45) is 5.92 Å². The van der Waals surface area contributed by atoms with Gasteiger partial charge >= 0.3 is 0 Å². The molecule has 124 valence electrons. The van der Waals surface area contributed by atoms with Crippen molar-refractivity contribution in [2.45, 2.75) is 39.8 Å². The first-order valence-electron chi connectivity index (χ1n) is 7.76. The topological polar surface area (TPSA) is 58.2 Å². The van der Waals surface area contributed by atoms with Crippen LogP contribution in [0.2, 0.25) is 0 Å². The van der Waals surface area contributed by atoms with Crippen LogP contribution in [0.25, 0.3) is 12.2 Å². The summed E-state index contributed by atoms with van der Waals surface area (Å²) in [7, 11) is 0. The fraction of sp³-hybridized carbons (Fsp3) is 0.368. The van der Waals surface area contributed by atoms with Crippen LogP contribution in [0.5, 0.6) is 0 Å². The van der Waals surface area contributed by atoms with Crippen molar-refractivity contribution in [3.8, 4) is 0 Å². The molecule has 0 aliphatic rings. The lowest BCUT2D eigenvalue weighted by Gasteiger charge is -2.24. The van der Waals surface area contributed by atoms with Gasteiger partial charge in [-0.25, -0.2) is 0 Å². The molecule has 0 spiro atoms. The maximum atomic E-state index is 12.4. The Morgan fingerprint density at radius 1 is 1.04 bits per heavy atom. The smallest absolute Gasteiger partial charge is 0.243 e. The van der Waals surface area contributed by atoms with Crippen LogP contribution in [0.1, 0.15) is 50.4 Å². The van der Waals surface area contributed by atoms with Crippen molar-refractivity contribution >= 4 is 24.0 Å². The maximum absolute atomic E-state index is 12.4. The Morgan fingerprint density at radius 3 is 2.13 bits per heavy atom. The summed E-state index contributed by atoms with van der Waals surface area (Å²) in [6.07, 6.45) is 3.54. The van der Waals surface area contributed by atoms with Gasteiger partial charge in [0.2, 0.25) is 11.8 Å². The second-order valence-electron chi connectivity index (χ2n) is 5.95. The fourth-order valence-electron chi connectivity index (χ4n) is 2.37. The molecule has 0 fully saturated rings. The van der Waals surface area contributed by atoms with Crippen molar-refractivity contribution in [1.82, 2.24) is 10.6 Å². The molecule has 0 aliphatic carbocycles. The van der Waals surface area contributed by atoms with Crippen molar-refractivity contribution < 1.29 is 9.59 Å². The number of benzene rings is 1. The van der Waals surface area contributed by atoms with Gasteiger partial charge in [-0.1, -0.05) is 51.3 Å². The molecule has 1 aromatic rings. The number of hydrogen-bond donors (Lipinski definition) is 2. The van der Waals surface area contributed by atoms with Gasteiger partial charge in [0, 0.05) is 6.92 Å². The minimum absolute atomic E-state index is 0.0120. The maximum Gasteiger partial charge on any atom is 0.243 e. The molecule has 4 heteroatoms.